The predicted molar refractivity (Wildman–Crippen MR) is 146 cm³/mol. The third kappa shape index (κ3) is 6.59. The standard InChI is InChI=1S/C21H27N7O3S.C3H6OS/c1-29-20-15(12-23-21(26-20)30-2)18-24-16-11-14(13-27-5-3-22-4-6-27)32-17(16)19(25-18)28-7-9-31-10-8-28;4-5-3-1-2-3/h11-12,22H,3-10,13H2,1-2H3;3-4H,1-2H2. The Labute approximate surface area is 224 Å². The molecule has 0 bridgehead atoms. The van der Waals surface area contributed by atoms with Crippen LogP contribution in [0.5, 0.6) is 11.9 Å². The summed E-state index contributed by atoms with van der Waals surface area (Å²) < 4.78 is 25.4. The Hall–Kier alpha value is -2.29. The summed E-state index contributed by atoms with van der Waals surface area (Å²) >= 11 is 2.77. The van der Waals surface area contributed by atoms with Crippen LogP contribution in [-0.4, -0.2) is 101 Å². The lowest BCUT2D eigenvalue weighted by atomic mass is 10.2. The van der Waals surface area contributed by atoms with E-state index in [1.54, 1.807) is 24.6 Å². The van der Waals surface area contributed by atoms with Gasteiger partial charge in [-0.1, -0.05) is 0 Å². The van der Waals surface area contributed by atoms with Gasteiger partial charge in [0.1, 0.15) is 5.56 Å². The summed E-state index contributed by atoms with van der Waals surface area (Å²) in [6, 6.07) is 2.43. The number of thiophene rings is 1. The molecule has 2 saturated heterocycles. The van der Waals surface area contributed by atoms with Gasteiger partial charge in [0.05, 0.1) is 37.6 Å². The molecule has 0 spiro atoms. The van der Waals surface area contributed by atoms with Crippen molar-refractivity contribution in [1.82, 2.24) is 30.2 Å². The number of nitrogens with zero attached hydrogens (tertiary/aromatic N) is 6. The number of piperazine rings is 1. The van der Waals surface area contributed by atoms with E-state index in [-0.39, 0.29) is 6.01 Å². The van der Waals surface area contributed by atoms with Crippen molar-refractivity contribution in [3.8, 4) is 23.3 Å². The third-order valence-corrected chi connectivity index (χ3v) is 8.20. The number of ether oxygens (including phenoxy) is 3. The van der Waals surface area contributed by atoms with E-state index in [0.717, 1.165) is 73.9 Å². The van der Waals surface area contributed by atoms with Gasteiger partial charge in [0.2, 0.25) is 5.88 Å². The number of morpholine rings is 1. The van der Waals surface area contributed by atoms with E-state index < -0.39 is 0 Å². The molecule has 0 atom stereocenters. The third-order valence-electron chi connectivity index (χ3n) is 6.33. The average molecular weight is 548 g/mol. The lowest BCUT2D eigenvalue weighted by Gasteiger charge is -2.28. The summed E-state index contributed by atoms with van der Waals surface area (Å²) in [5, 5.41) is 4.02. The summed E-state index contributed by atoms with van der Waals surface area (Å²) in [5.41, 5.74) is 1.57. The van der Waals surface area contributed by atoms with Gasteiger partial charge in [0.25, 0.3) is 0 Å². The number of methoxy groups -OCH3 is 2. The first kappa shape index (κ1) is 26.3. The van der Waals surface area contributed by atoms with Gasteiger partial charge >= 0.3 is 6.01 Å². The van der Waals surface area contributed by atoms with Crippen LogP contribution in [0.15, 0.2) is 12.3 Å². The molecule has 0 aromatic carbocycles. The Balaban J connectivity index is 0.000000503. The van der Waals surface area contributed by atoms with E-state index in [0.29, 0.717) is 35.7 Å². The number of hydrogen-bond acceptors (Lipinski definition) is 13. The molecule has 0 radical (unpaired) electrons. The van der Waals surface area contributed by atoms with Gasteiger partial charge in [-0.25, -0.2) is 15.0 Å². The van der Waals surface area contributed by atoms with Gasteiger partial charge in [0.15, 0.2) is 11.6 Å². The fraction of sp³-hybridized carbons (Fsp3) is 0.583. The van der Waals surface area contributed by atoms with E-state index in [4.69, 9.17) is 28.7 Å². The lowest BCUT2D eigenvalue weighted by Crippen LogP contribution is -2.42. The maximum absolute atomic E-state index is 8.12. The average Bonchev–Trinajstić information content (AvgIpc) is 3.72. The molecule has 5 heterocycles. The van der Waals surface area contributed by atoms with E-state index in [9.17, 15) is 0 Å². The van der Waals surface area contributed by atoms with Crippen LogP contribution in [0.25, 0.3) is 21.6 Å². The zero-order valence-corrected chi connectivity index (χ0v) is 22.8. The molecule has 200 valence electrons. The summed E-state index contributed by atoms with van der Waals surface area (Å²) in [5.74, 6) is 1.87. The summed E-state index contributed by atoms with van der Waals surface area (Å²) in [4.78, 5) is 24.5. The maximum atomic E-state index is 8.12. The lowest BCUT2D eigenvalue weighted by molar-refractivity contribution is 0.122. The van der Waals surface area contributed by atoms with Gasteiger partial charge in [-0.3, -0.25) is 4.90 Å². The van der Waals surface area contributed by atoms with Crippen molar-refractivity contribution in [3.05, 3.63) is 17.1 Å². The van der Waals surface area contributed by atoms with Crippen molar-refractivity contribution in [1.29, 1.82) is 0 Å². The Morgan fingerprint density at radius 3 is 2.54 bits per heavy atom. The normalized spacial score (nSPS) is 18.4. The molecule has 11 nitrogen and oxygen atoms in total. The zero-order valence-electron chi connectivity index (χ0n) is 21.2. The monoisotopic (exact) mass is 547 g/mol. The van der Waals surface area contributed by atoms with E-state index in [2.05, 4.69) is 31.2 Å². The van der Waals surface area contributed by atoms with Gasteiger partial charge in [-0.05, 0) is 31.0 Å². The first-order valence-electron chi connectivity index (χ1n) is 12.5. The highest BCUT2D eigenvalue weighted by Gasteiger charge is 2.23. The second kappa shape index (κ2) is 12.5. The molecule has 3 fully saturated rings. The molecule has 1 aliphatic carbocycles. The summed E-state index contributed by atoms with van der Waals surface area (Å²) in [6.07, 6.45) is 4.10. The van der Waals surface area contributed by atoms with Crippen LogP contribution < -0.4 is 19.7 Å². The fourth-order valence-electron chi connectivity index (χ4n) is 4.17. The second-order valence-corrected chi connectivity index (χ2v) is 11.0. The minimum absolute atomic E-state index is 0.244. The molecular weight excluding hydrogens is 514 g/mol. The van der Waals surface area contributed by atoms with Crippen LogP contribution in [0.4, 0.5) is 5.82 Å². The highest BCUT2D eigenvalue weighted by molar-refractivity contribution is 7.94. The van der Waals surface area contributed by atoms with Crippen molar-refractivity contribution in [2.45, 2.75) is 24.6 Å². The number of anilines is 1. The summed E-state index contributed by atoms with van der Waals surface area (Å²) in [7, 11) is 3.10. The number of nitrogens with one attached hydrogen (secondary N) is 1. The molecule has 1 saturated carbocycles. The molecule has 3 aromatic rings. The van der Waals surface area contributed by atoms with Crippen LogP contribution >= 0.6 is 23.4 Å². The summed E-state index contributed by atoms with van der Waals surface area (Å²) in [6.45, 7) is 8.08. The van der Waals surface area contributed by atoms with Crippen molar-refractivity contribution < 1.29 is 18.8 Å². The van der Waals surface area contributed by atoms with Crippen molar-refractivity contribution >= 4 is 39.4 Å². The van der Waals surface area contributed by atoms with Gasteiger partial charge < -0.3 is 29.0 Å². The van der Waals surface area contributed by atoms with Crippen molar-refractivity contribution in [2.75, 3.05) is 71.6 Å². The molecule has 3 aromatic heterocycles. The van der Waals surface area contributed by atoms with Gasteiger partial charge in [-0.2, -0.15) is 4.98 Å². The minimum Gasteiger partial charge on any atom is -0.480 e. The molecule has 13 heteroatoms. The zero-order chi connectivity index (χ0) is 25.6. The molecular formula is C24H33N7O4S2. The molecule has 0 amide bonds. The Kier molecular flexibility index (Phi) is 8.89. The van der Waals surface area contributed by atoms with Crippen LogP contribution in [0.1, 0.15) is 17.7 Å². The van der Waals surface area contributed by atoms with Gasteiger partial charge in [-0.15, -0.1) is 11.3 Å². The highest BCUT2D eigenvalue weighted by Crippen LogP contribution is 2.36. The van der Waals surface area contributed by atoms with Crippen LogP contribution in [-0.2, 0) is 11.3 Å². The molecule has 6 rings (SSSR count). The number of fused-ring (bicyclic) bond motifs is 1. The Bertz CT molecular complexity index is 1180. The first-order valence-corrected chi connectivity index (χ1v) is 14.2. The number of hydrogen-bond donors (Lipinski definition) is 2. The largest absolute Gasteiger partial charge is 0.480 e. The quantitative estimate of drug-likeness (QED) is 0.424. The highest BCUT2D eigenvalue weighted by atomic mass is 32.2. The van der Waals surface area contributed by atoms with Crippen molar-refractivity contribution in [3.63, 3.8) is 0 Å². The van der Waals surface area contributed by atoms with Gasteiger partial charge in [0, 0.05) is 62.1 Å². The topological polar surface area (TPSA) is 118 Å². The number of aromatic nitrogens is 4. The molecule has 2 aliphatic heterocycles. The van der Waals surface area contributed by atoms with E-state index >= 15 is 0 Å². The minimum atomic E-state index is 0.244. The molecule has 3 aliphatic rings. The smallest absolute Gasteiger partial charge is 0.319 e. The fourth-order valence-corrected chi connectivity index (χ4v) is 5.68. The molecule has 37 heavy (non-hydrogen) atoms. The first-order chi connectivity index (χ1) is 18.2. The van der Waals surface area contributed by atoms with Crippen LogP contribution in [0, 0.1) is 0 Å². The SMILES string of the molecule is COc1ncc(-c2nc(N3CCOCC3)c3sc(CN4CCNCC4)cc3n2)c(OC)n1.OSC1CC1. The van der Waals surface area contributed by atoms with E-state index in [1.807, 2.05) is 0 Å². The van der Waals surface area contributed by atoms with E-state index in [1.165, 1.54) is 24.8 Å². The van der Waals surface area contributed by atoms with Crippen molar-refractivity contribution in [2.24, 2.45) is 0 Å². The maximum Gasteiger partial charge on any atom is 0.319 e. The Morgan fingerprint density at radius 2 is 1.89 bits per heavy atom. The predicted octanol–water partition coefficient (Wildman–Crippen LogP) is 2.76. The van der Waals surface area contributed by atoms with Crippen LogP contribution in [0.3, 0.4) is 0 Å². The Morgan fingerprint density at radius 1 is 1.11 bits per heavy atom. The number of rotatable bonds is 7. The molecule has 2 N–H and O–H groups in total. The second-order valence-electron chi connectivity index (χ2n) is 9.01. The molecule has 0 unspecified atom stereocenters. The van der Waals surface area contributed by atoms with Crippen LogP contribution in [0.2, 0.25) is 0 Å².